The van der Waals surface area contributed by atoms with Crippen molar-refractivity contribution in [3.8, 4) is 11.8 Å². The molecule has 0 bridgehead atoms. The van der Waals surface area contributed by atoms with Gasteiger partial charge in [0.2, 0.25) is 0 Å². The van der Waals surface area contributed by atoms with Crippen LogP contribution < -0.4 is 5.73 Å². The van der Waals surface area contributed by atoms with Crippen LogP contribution in [0, 0.1) is 11.8 Å². The average molecular weight is 207 g/mol. The maximum Gasteiger partial charge on any atom is 0.0398 e. The summed E-state index contributed by atoms with van der Waals surface area (Å²) in [6, 6.07) is 4.49. The van der Waals surface area contributed by atoms with Crippen LogP contribution in [0.25, 0.3) is 0 Å². The molecule has 1 nitrogen and oxygen atoms in total. The lowest BCUT2D eigenvalue weighted by atomic mass is 10.1. The zero-order chi connectivity index (χ0) is 10.4. The van der Waals surface area contributed by atoms with Crippen LogP contribution >= 0.6 is 11.3 Å². The lowest BCUT2D eigenvalue weighted by Gasteiger charge is -2.05. The summed E-state index contributed by atoms with van der Waals surface area (Å²) in [5.41, 5.74) is 6.05. The predicted molar refractivity (Wildman–Crippen MR) is 63.3 cm³/mol. The van der Waals surface area contributed by atoms with Gasteiger partial charge in [0.25, 0.3) is 0 Å². The first kappa shape index (κ1) is 11.3. The van der Waals surface area contributed by atoms with Crippen molar-refractivity contribution in [1.82, 2.24) is 0 Å². The zero-order valence-corrected chi connectivity index (χ0v) is 9.66. The molecule has 0 aliphatic carbocycles. The molecule has 2 heteroatoms. The highest BCUT2D eigenvalue weighted by atomic mass is 32.1. The van der Waals surface area contributed by atoms with Crippen LogP contribution in [0.4, 0.5) is 0 Å². The molecule has 1 aromatic rings. The summed E-state index contributed by atoms with van der Waals surface area (Å²) >= 11 is 1.83. The average Bonchev–Trinajstić information content (AvgIpc) is 2.66. The van der Waals surface area contributed by atoms with Gasteiger partial charge in [-0.05, 0) is 31.9 Å². The van der Waals surface area contributed by atoms with E-state index in [1.807, 2.05) is 18.3 Å². The van der Waals surface area contributed by atoms with E-state index >= 15 is 0 Å². The van der Waals surface area contributed by atoms with Gasteiger partial charge in [0.1, 0.15) is 0 Å². The molecule has 14 heavy (non-hydrogen) atoms. The van der Waals surface area contributed by atoms with Crippen molar-refractivity contribution < 1.29 is 0 Å². The van der Waals surface area contributed by atoms with E-state index in [4.69, 9.17) is 5.73 Å². The van der Waals surface area contributed by atoms with Crippen LogP contribution in [0.15, 0.2) is 12.1 Å². The van der Waals surface area contributed by atoms with Gasteiger partial charge in [0.05, 0.1) is 0 Å². The lowest BCUT2D eigenvalue weighted by molar-refractivity contribution is 0.679. The van der Waals surface area contributed by atoms with Gasteiger partial charge in [-0.3, -0.25) is 0 Å². The number of rotatable bonds is 4. The first-order valence-corrected chi connectivity index (χ1v) is 5.83. The Labute approximate surface area is 90.3 Å². The largest absolute Gasteiger partial charge is 0.323 e. The fourth-order valence-corrected chi connectivity index (χ4v) is 2.27. The van der Waals surface area contributed by atoms with E-state index in [9.17, 15) is 0 Å². The molecule has 0 fully saturated rings. The second-order valence-corrected chi connectivity index (χ2v) is 4.43. The Bertz CT molecular complexity index is 330. The molecule has 0 saturated heterocycles. The molecule has 2 N–H and O–H groups in total. The van der Waals surface area contributed by atoms with Crippen LogP contribution in [0.3, 0.4) is 0 Å². The molecule has 1 heterocycles. The van der Waals surface area contributed by atoms with Crippen molar-refractivity contribution >= 4 is 11.3 Å². The third-order valence-electron chi connectivity index (χ3n) is 2.15. The second kappa shape index (κ2) is 5.85. The maximum absolute atomic E-state index is 6.05. The summed E-state index contributed by atoms with van der Waals surface area (Å²) in [4.78, 5) is 2.71. The van der Waals surface area contributed by atoms with Crippen molar-refractivity contribution in [2.75, 3.05) is 0 Å². The zero-order valence-electron chi connectivity index (χ0n) is 8.84. The SMILES string of the molecule is CC#CCCC(N)c1ccc(CC)s1. The van der Waals surface area contributed by atoms with E-state index in [1.54, 1.807) is 0 Å². The van der Waals surface area contributed by atoms with E-state index in [2.05, 4.69) is 30.9 Å². The molecule has 1 aromatic heterocycles. The quantitative estimate of drug-likeness (QED) is 0.754. The van der Waals surface area contributed by atoms with Crippen molar-refractivity contribution in [1.29, 1.82) is 0 Å². The van der Waals surface area contributed by atoms with E-state index in [-0.39, 0.29) is 6.04 Å². The third-order valence-corrected chi connectivity index (χ3v) is 3.51. The van der Waals surface area contributed by atoms with E-state index < -0.39 is 0 Å². The van der Waals surface area contributed by atoms with Crippen LogP contribution in [0.2, 0.25) is 0 Å². The van der Waals surface area contributed by atoms with Gasteiger partial charge in [0.15, 0.2) is 0 Å². The Morgan fingerprint density at radius 2 is 2.29 bits per heavy atom. The number of thiophene rings is 1. The number of aryl methyl sites for hydroxylation is 1. The minimum absolute atomic E-state index is 0.168. The molecular weight excluding hydrogens is 190 g/mol. The Balaban J connectivity index is 2.49. The van der Waals surface area contributed by atoms with Crippen molar-refractivity contribution in [2.24, 2.45) is 5.73 Å². The molecule has 1 rings (SSSR count). The number of nitrogens with two attached hydrogens (primary N) is 1. The van der Waals surface area contributed by atoms with Crippen molar-refractivity contribution in [3.63, 3.8) is 0 Å². The van der Waals surface area contributed by atoms with E-state index in [1.165, 1.54) is 9.75 Å². The van der Waals surface area contributed by atoms with Gasteiger partial charge in [-0.15, -0.1) is 23.2 Å². The monoisotopic (exact) mass is 207 g/mol. The molecule has 76 valence electrons. The van der Waals surface area contributed by atoms with Gasteiger partial charge >= 0.3 is 0 Å². The third kappa shape index (κ3) is 3.17. The van der Waals surface area contributed by atoms with Gasteiger partial charge in [-0.2, -0.15) is 0 Å². The molecule has 0 spiro atoms. The van der Waals surface area contributed by atoms with Gasteiger partial charge in [-0.25, -0.2) is 0 Å². The number of hydrogen-bond acceptors (Lipinski definition) is 2. The number of hydrogen-bond donors (Lipinski definition) is 1. The predicted octanol–water partition coefficient (Wildman–Crippen LogP) is 3.11. The van der Waals surface area contributed by atoms with Crippen LogP contribution in [0.5, 0.6) is 0 Å². The highest BCUT2D eigenvalue weighted by Crippen LogP contribution is 2.24. The van der Waals surface area contributed by atoms with Crippen LogP contribution in [-0.4, -0.2) is 0 Å². The lowest BCUT2D eigenvalue weighted by Crippen LogP contribution is -2.07. The molecule has 0 aliphatic rings. The van der Waals surface area contributed by atoms with Crippen molar-refractivity contribution in [2.45, 2.75) is 39.2 Å². The maximum atomic E-state index is 6.05. The Morgan fingerprint density at radius 1 is 1.50 bits per heavy atom. The fraction of sp³-hybridized carbons (Fsp3) is 0.500. The molecule has 0 aromatic carbocycles. The highest BCUT2D eigenvalue weighted by Gasteiger charge is 2.07. The van der Waals surface area contributed by atoms with Gasteiger partial charge in [0, 0.05) is 22.2 Å². The molecule has 0 amide bonds. The summed E-state index contributed by atoms with van der Waals surface area (Å²) in [5, 5.41) is 0. The van der Waals surface area contributed by atoms with Crippen LogP contribution in [0.1, 0.15) is 42.5 Å². The fourth-order valence-electron chi connectivity index (χ4n) is 1.28. The summed E-state index contributed by atoms with van der Waals surface area (Å²) in [5.74, 6) is 5.93. The van der Waals surface area contributed by atoms with E-state index in [0.29, 0.717) is 0 Å². The highest BCUT2D eigenvalue weighted by molar-refractivity contribution is 7.12. The molecular formula is C12H17NS. The molecule has 1 unspecified atom stereocenters. The molecule has 1 atom stereocenters. The van der Waals surface area contributed by atoms with E-state index in [0.717, 1.165) is 19.3 Å². The Hall–Kier alpha value is -0.780. The smallest absolute Gasteiger partial charge is 0.0398 e. The summed E-state index contributed by atoms with van der Waals surface area (Å²) in [7, 11) is 0. The second-order valence-electron chi connectivity index (χ2n) is 3.23. The van der Waals surface area contributed by atoms with Gasteiger partial charge in [-0.1, -0.05) is 6.92 Å². The standard InChI is InChI=1S/C12H17NS/c1-3-5-6-7-11(13)12-9-8-10(4-2)14-12/h8-9,11H,4,6-7,13H2,1-2H3. The Kier molecular flexibility index (Phi) is 4.72. The van der Waals surface area contributed by atoms with Gasteiger partial charge < -0.3 is 5.73 Å². The van der Waals surface area contributed by atoms with Crippen LogP contribution in [-0.2, 0) is 6.42 Å². The Morgan fingerprint density at radius 3 is 2.86 bits per heavy atom. The summed E-state index contributed by atoms with van der Waals surface area (Å²) in [6.07, 6.45) is 2.97. The summed E-state index contributed by atoms with van der Waals surface area (Å²) < 4.78 is 0. The first-order chi connectivity index (χ1) is 6.77. The normalized spacial score (nSPS) is 11.9. The minimum Gasteiger partial charge on any atom is -0.323 e. The van der Waals surface area contributed by atoms with Crippen molar-refractivity contribution in [3.05, 3.63) is 21.9 Å². The summed E-state index contributed by atoms with van der Waals surface area (Å²) in [6.45, 7) is 4.04. The molecule has 0 saturated carbocycles. The first-order valence-electron chi connectivity index (χ1n) is 5.01. The topological polar surface area (TPSA) is 26.0 Å². The molecule has 0 radical (unpaired) electrons. The minimum atomic E-state index is 0.168. The molecule has 0 aliphatic heterocycles.